The summed E-state index contributed by atoms with van der Waals surface area (Å²) in [6, 6.07) is 3.53. The molecule has 0 spiro atoms. The zero-order valence-corrected chi connectivity index (χ0v) is 10.4. The standard InChI is InChI=1S/C12H15N3O3/c1-14-10(9-3-5-13-6-4-9)7-15(12(14)17)8-11(16)18-2/h3-6,10H,7-8H2,1-2H3. The van der Waals surface area contributed by atoms with Gasteiger partial charge in [-0.3, -0.25) is 9.78 Å². The Hall–Kier alpha value is -2.11. The van der Waals surface area contributed by atoms with Gasteiger partial charge in [-0.1, -0.05) is 0 Å². The van der Waals surface area contributed by atoms with Gasteiger partial charge in [0.1, 0.15) is 6.54 Å². The van der Waals surface area contributed by atoms with E-state index in [0.717, 1.165) is 5.56 Å². The van der Waals surface area contributed by atoms with Gasteiger partial charge in [0.25, 0.3) is 0 Å². The van der Waals surface area contributed by atoms with Gasteiger partial charge in [-0.2, -0.15) is 0 Å². The Morgan fingerprint density at radius 2 is 2.17 bits per heavy atom. The average Bonchev–Trinajstić information content (AvgIpc) is 2.68. The predicted molar refractivity (Wildman–Crippen MR) is 63.7 cm³/mol. The number of ether oxygens (including phenoxy) is 1. The SMILES string of the molecule is COC(=O)CN1CC(c2ccncc2)N(C)C1=O. The van der Waals surface area contributed by atoms with Crippen LogP contribution >= 0.6 is 0 Å². The van der Waals surface area contributed by atoms with Gasteiger partial charge in [0.15, 0.2) is 0 Å². The van der Waals surface area contributed by atoms with Crippen LogP contribution in [-0.2, 0) is 9.53 Å². The second-order valence-electron chi connectivity index (χ2n) is 4.15. The van der Waals surface area contributed by atoms with E-state index < -0.39 is 5.97 Å². The smallest absolute Gasteiger partial charge is 0.325 e. The van der Waals surface area contributed by atoms with Crippen LogP contribution in [0.1, 0.15) is 11.6 Å². The molecule has 1 atom stereocenters. The number of urea groups is 1. The lowest BCUT2D eigenvalue weighted by Gasteiger charge is -2.17. The highest BCUT2D eigenvalue weighted by Crippen LogP contribution is 2.27. The van der Waals surface area contributed by atoms with Crippen molar-refractivity contribution in [2.24, 2.45) is 0 Å². The Bertz CT molecular complexity index is 449. The topological polar surface area (TPSA) is 62.7 Å². The van der Waals surface area contributed by atoms with E-state index in [0.29, 0.717) is 6.54 Å². The lowest BCUT2D eigenvalue weighted by Crippen LogP contribution is -2.34. The fraction of sp³-hybridized carbons (Fsp3) is 0.417. The number of esters is 1. The van der Waals surface area contributed by atoms with E-state index >= 15 is 0 Å². The molecule has 1 unspecified atom stereocenters. The Morgan fingerprint density at radius 3 is 2.78 bits per heavy atom. The third kappa shape index (κ3) is 2.27. The third-order valence-electron chi connectivity index (χ3n) is 3.07. The molecule has 6 heteroatoms. The van der Waals surface area contributed by atoms with Crippen LogP contribution in [0.4, 0.5) is 4.79 Å². The van der Waals surface area contributed by atoms with Crippen molar-refractivity contribution in [2.75, 3.05) is 27.2 Å². The summed E-state index contributed by atoms with van der Waals surface area (Å²) in [6.07, 6.45) is 3.38. The first kappa shape index (κ1) is 12.3. The molecule has 1 saturated heterocycles. The Labute approximate surface area is 105 Å². The minimum Gasteiger partial charge on any atom is -0.468 e. The predicted octanol–water partition coefficient (Wildman–Crippen LogP) is 0.663. The Morgan fingerprint density at radius 1 is 1.50 bits per heavy atom. The summed E-state index contributed by atoms with van der Waals surface area (Å²) in [5, 5.41) is 0. The second kappa shape index (κ2) is 5.03. The molecule has 2 rings (SSSR count). The number of hydrogen-bond acceptors (Lipinski definition) is 4. The van der Waals surface area contributed by atoms with Crippen LogP contribution in [0.5, 0.6) is 0 Å². The van der Waals surface area contributed by atoms with Crippen LogP contribution in [0.2, 0.25) is 0 Å². The molecule has 0 bridgehead atoms. The molecular weight excluding hydrogens is 234 g/mol. The summed E-state index contributed by atoms with van der Waals surface area (Å²) < 4.78 is 4.58. The van der Waals surface area contributed by atoms with Crippen LogP contribution in [-0.4, -0.2) is 54.0 Å². The summed E-state index contributed by atoms with van der Waals surface area (Å²) in [5.41, 5.74) is 1.01. The number of carbonyl (C=O) groups excluding carboxylic acids is 2. The number of amides is 2. The lowest BCUT2D eigenvalue weighted by molar-refractivity contribution is -0.141. The van der Waals surface area contributed by atoms with Crippen molar-refractivity contribution >= 4 is 12.0 Å². The summed E-state index contributed by atoms with van der Waals surface area (Å²) in [5.74, 6) is -0.410. The van der Waals surface area contributed by atoms with Crippen molar-refractivity contribution < 1.29 is 14.3 Å². The lowest BCUT2D eigenvalue weighted by atomic mass is 10.1. The molecule has 1 aliphatic heterocycles. The van der Waals surface area contributed by atoms with Crippen molar-refractivity contribution in [2.45, 2.75) is 6.04 Å². The fourth-order valence-electron chi connectivity index (χ4n) is 2.03. The van der Waals surface area contributed by atoms with Crippen molar-refractivity contribution in [3.8, 4) is 0 Å². The highest BCUT2D eigenvalue weighted by atomic mass is 16.5. The summed E-state index contributed by atoms with van der Waals surface area (Å²) in [4.78, 5) is 30.2. The number of likely N-dealkylation sites (N-methyl/N-ethyl adjacent to an activating group) is 1. The van der Waals surface area contributed by atoms with E-state index in [1.165, 1.54) is 12.0 Å². The molecule has 0 saturated carbocycles. The van der Waals surface area contributed by atoms with E-state index in [1.54, 1.807) is 24.3 Å². The van der Waals surface area contributed by atoms with Crippen LogP contribution in [0.15, 0.2) is 24.5 Å². The molecule has 1 aromatic heterocycles. The average molecular weight is 249 g/mol. The monoisotopic (exact) mass is 249 g/mol. The molecule has 96 valence electrons. The molecule has 0 radical (unpaired) electrons. The van der Waals surface area contributed by atoms with Crippen molar-refractivity contribution in [3.05, 3.63) is 30.1 Å². The van der Waals surface area contributed by atoms with Crippen LogP contribution in [0.3, 0.4) is 0 Å². The summed E-state index contributed by atoms with van der Waals surface area (Å²) in [6.45, 7) is 0.468. The first-order valence-electron chi connectivity index (χ1n) is 5.62. The molecule has 0 aliphatic carbocycles. The van der Waals surface area contributed by atoms with Crippen molar-refractivity contribution in [1.82, 2.24) is 14.8 Å². The fourth-order valence-corrected chi connectivity index (χ4v) is 2.03. The Balaban J connectivity index is 2.12. The van der Waals surface area contributed by atoms with Gasteiger partial charge in [0, 0.05) is 26.0 Å². The molecular formula is C12H15N3O3. The molecule has 2 amide bonds. The summed E-state index contributed by atoms with van der Waals surface area (Å²) >= 11 is 0. The molecule has 1 aromatic rings. The molecule has 18 heavy (non-hydrogen) atoms. The van der Waals surface area contributed by atoms with Crippen LogP contribution < -0.4 is 0 Å². The van der Waals surface area contributed by atoms with Crippen LogP contribution in [0, 0.1) is 0 Å². The highest BCUT2D eigenvalue weighted by Gasteiger charge is 2.36. The molecule has 1 fully saturated rings. The van der Waals surface area contributed by atoms with E-state index in [4.69, 9.17) is 0 Å². The maximum absolute atomic E-state index is 12.0. The first-order chi connectivity index (χ1) is 8.63. The normalized spacial score (nSPS) is 19.2. The van der Waals surface area contributed by atoms with Gasteiger partial charge in [-0.05, 0) is 17.7 Å². The van der Waals surface area contributed by atoms with Crippen molar-refractivity contribution in [3.63, 3.8) is 0 Å². The number of methoxy groups -OCH3 is 1. The van der Waals surface area contributed by atoms with Gasteiger partial charge < -0.3 is 14.5 Å². The minimum atomic E-state index is -0.410. The molecule has 6 nitrogen and oxygen atoms in total. The quantitative estimate of drug-likeness (QED) is 0.738. The number of aromatic nitrogens is 1. The minimum absolute atomic E-state index is 0.0126. The number of pyridine rings is 1. The zero-order chi connectivity index (χ0) is 13.1. The maximum atomic E-state index is 12.0. The van der Waals surface area contributed by atoms with Gasteiger partial charge in [0.05, 0.1) is 13.2 Å². The third-order valence-corrected chi connectivity index (χ3v) is 3.07. The molecule has 0 N–H and O–H groups in total. The number of rotatable bonds is 3. The van der Waals surface area contributed by atoms with E-state index in [9.17, 15) is 9.59 Å². The second-order valence-corrected chi connectivity index (χ2v) is 4.15. The summed E-state index contributed by atoms with van der Waals surface area (Å²) in [7, 11) is 3.04. The largest absolute Gasteiger partial charge is 0.468 e. The van der Waals surface area contributed by atoms with Crippen molar-refractivity contribution in [1.29, 1.82) is 0 Å². The number of nitrogens with zero attached hydrogens (tertiary/aromatic N) is 3. The molecule has 0 aromatic carbocycles. The number of carbonyl (C=O) groups is 2. The van der Waals surface area contributed by atoms with Gasteiger partial charge in [0.2, 0.25) is 0 Å². The van der Waals surface area contributed by atoms with E-state index in [2.05, 4.69) is 9.72 Å². The van der Waals surface area contributed by atoms with Gasteiger partial charge >= 0.3 is 12.0 Å². The first-order valence-corrected chi connectivity index (χ1v) is 5.62. The van der Waals surface area contributed by atoms with Gasteiger partial charge in [-0.15, -0.1) is 0 Å². The van der Waals surface area contributed by atoms with Gasteiger partial charge in [-0.25, -0.2) is 4.79 Å². The highest BCUT2D eigenvalue weighted by molar-refractivity contribution is 5.82. The zero-order valence-electron chi connectivity index (χ0n) is 10.4. The molecule has 2 heterocycles. The van der Waals surface area contributed by atoms with Crippen LogP contribution in [0.25, 0.3) is 0 Å². The maximum Gasteiger partial charge on any atom is 0.325 e. The number of hydrogen-bond donors (Lipinski definition) is 0. The van der Waals surface area contributed by atoms with E-state index in [-0.39, 0.29) is 18.6 Å². The Kier molecular flexibility index (Phi) is 3.45. The van der Waals surface area contributed by atoms with E-state index in [1.807, 2.05) is 12.1 Å². The molecule has 1 aliphatic rings.